The van der Waals surface area contributed by atoms with E-state index in [-0.39, 0.29) is 34.2 Å². The zero-order valence-corrected chi connectivity index (χ0v) is 16.4. The Morgan fingerprint density at radius 1 is 1.39 bits per heavy atom. The van der Waals surface area contributed by atoms with Crippen LogP contribution in [0.3, 0.4) is 0 Å². The van der Waals surface area contributed by atoms with Gasteiger partial charge in [0, 0.05) is 17.0 Å². The van der Waals surface area contributed by atoms with Crippen LogP contribution < -0.4 is 10.1 Å². The summed E-state index contributed by atoms with van der Waals surface area (Å²) in [6.07, 6.45) is 6.87. The first-order valence-electron chi connectivity index (χ1n) is 9.68. The topological polar surface area (TPSA) is 69.0 Å². The molecule has 0 aliphatic heterocycles. The third kappa shape index (κ3) is 2.87. The van der Waals surface area contributed by atoms with Crippen LogP contribution >= 0.6 is 11.6 Å². The standard InChI is InChI=1S/C20H22ClFN4O2/c1-12-4-13(5-12)26-23-7-17(25-26)19-9-20(10-19,11-19)24-18(27)8-28-14-2-3-15(21)16(22)6-14/h2-3,6-7,12-13H,4-5,8-11H2,1H3,(H,24,27)/t12-,13-,19?,20?. The fourth-order valence-electron chi connectivity index (χ4n) is 4.98. The van der Waals surface area contributed by atoms with Gasteiger partial charge in [-0.05, 0) is 50.2 Å². The number of aromatic nitrogens is 3. The summed E-state index contributed by atoms with van der Waals surface area (Å²) in [5, 5.41) is 12.3. The van der Waals surface area contributed by atoms with E-state index in [2.05, 4.69) is 17.3 Å². The van der Waals surface area contributed by atoms with Crippen molar-refractivity contribution in [3.63, 3.8) is 0 Å². The molecule has 0 unspecified atom stereocenters. The van der Waals surface area contributed by atoms with E-state index in [0.29, 0.717) is 6.04 Å². The van der Waals surface area contributed by atoms with Crippen LogP contribution in [0, 0.1) is 11.7 Å². The highest BCUT2D eigenvalue weighted by Gasteiger charge is 2.70. The van der Waals surface area contributed by atoms with Crippen LogP contribution in [0.1, 0.15) is 50.8 Å². The second kappa shape index (κ2) is 6.17. The van der Waals surface area contributed by atoms with Crippen molar-refractivity contribution in [3.05, 3.63) is 40.9 Å². The minimum atomic E-state index is -0.564. The van der Waals surface area contributed by atoms with E-state index in [9.17, 15) is 9.18 Å². The van der Waals surface area contributed by atoms with E-state index in [0.717, 1.165) is 43.7 Å². The molecule has 0 saturated heterocycles. The molecule has 1 N–H and O–H groups in total. The van der Waals surface area contributed by atoms with Crippen molar-refractivity contribution in [1.82, 2.24) is 20.3 Å². The number of nitrogens with zero attached hydrogens (tertiary/aromatic N) is 3. The molecule has 0 spiro atoms. The number of halogens is 2. The minimum absolute atomic E-state index is 0.0275. The molecule has 28 heavy (non-hydrogen) atoms. The number of nitrogens with one attached hydrogen (secondary N) is 1. The summed E-state index contributed by atoms with van der Waals surface area (Å²) in [7, 11) is 0. The lowest BCUT2D eigenvalue weighted by molar-refractivity contribution is -0.140. The maximum Gasteiger partial charge on any atom is 0.258 e. The Labute approximate surface area is 167 Å². The Bertz CT molecular complexity index is 920. The monoisotopic (exact) mass is 404 g/mol. The second-order valence-corrected chi connectivity index (χ2v) is 9.19. The van der Waals surface area contributed by atoms with Gasteiger partial charge in [-0.15, -0.1) is 0 Å². The minimum Gasteiger partial charge on any atom is -0.484 e. The molecule has 4 aliphatic carbocycles. The van der Waals surface area contributed by atoms with Crippen molar-refractivity contribution in [2.45, 2.75) is 56.0 Å². The first-order chi connectivity index (χ1) is 13.4. The number of benzene rings is 1. The quantitative estimate of drug-likeness (QED) is 0.801. The zero-order chi connectivity index (χ0) is 19.5. The number of carbonyl (C=O) groups excluding carboxylic acids is 1. The number of carbonyl (C=O) groups is 1. The Morgan fingerprint density at radius 2 is 2.14 bits per heavy atom. The van der Waals surface area contributed by atoms with Gasteiger partial charge in [-0.1, -0.05) is 18.5 Å². The number of amides is 1. The predicted octanol–water partition coefficient (Wildman–Crippen LogP) is 3.41. The van der Waals surface area contributed by atoms with E-state index in [1.54, 1.807) is 6.07 Å². The maximum atomic E-state index is 13.4. The van der Waals surface area contributed by atoms with Crippen LogP contribution in [0.25, 0.3) is 0 Å². The fourth-order valence-corrected chi connectivity index (χ4v) is 5.10. The maximum absolute atomic E-state index is 13.4. The average molecular weight is 405 g/mol. The van der Waals surface area contributed by atoms with Crippen LogP contribution in [0.15, 0.2) is 24.4 Å². The van der Waals surface area contributed by atoms with Gasteiger partial charge in [0.05, 0.1) is 23.0 Å². The zero-order valence-electron chi connectivity index (χ0n) is 15.6. The molecule has 148 valence electrons. The molecular weight excluding hydrogens is 383 g/mol. The summed E-state index contributed by atoms with van der Waals surface area (Å²) in [6.45, 7) is 2.10. The van der Waals surface area contributed by atoms with Crippen LogP contribution in [-0.2, 0) is 10.2 Å². The van der Waals surface area contributed by atoms with Crippen molar-refractivity contribution in [2.75, 3.05) is 6.61 Å². The number of hydrogen-bond acceptors (Lipinski definition) is 4. The average Bonchev–Trinajstić information content (AvgIpc) is 3.04. The van der Waals surface area contributed by atoms with E-state index in [1.807, 2.05) is 11.0 Å². The number of rotatable bonds is 6. The Kier molecular flexibility index (Phi) is 3.95. The lowest BCUT2D eigenvalue weighted by Gasteiger charge is -2.69. The van der Waals surface area contributed by atoms with Gasteiger partial charge in [0.1, 0.15) is 11.6 Å². The first kappa shape index (κ1) is 17.9. The van der Waals surface area contributed by atoms with Gasteiger partial charge in [-0.2, -0.15) is 15.0 Å². The lowest BCUT2D eigenvalue weighted by Crippen LogP contribution is -2.77. The van der Waals surface area contributed by atoms with Crippen molar-refractivity contribution in [2.24, 2.45) is 5.92 Å². The van der Waals surface area contributed by atoms with E-state index in [1.165, 1.54) is 12.1 Å². The van der Waals surface area contributed by atoms with Crippen LogP contribution in [0.5, 0.6) is 5.75 Å². The van der Waals surface area contributed by atoms with Gasteiger partial charge in [-0.25, -0.2) is 4.39 Å². The van der Waals surface area contributed by atoms with Gasteiger partial charge in [-0.3, -0.25) is 4.79 Å². The molecule has 4 aliphatic rings. The molecule has 6 rings (SSSR count). The molecule has 2 bridgehead atoms. The molecule has 1 heterocycles. The second-order valence-electron chi connectivity index (χ2n) is 8.78. The third-order valence-corrected chi connectivity index (χ3v) is 6.73. The van der Waals surface area contributed by atoms with Gasteiger partial charge in [0.2, 0.25) is 0 Å². The molecule has 6 nitrogen and oxygen atoms in total. The Hall–Kier alpha value is -2.15. The largest absolute Gasteiger partial charge is 0.484 e. The number of hydrogen-bond donors (Lipinski definition) is 1. The molecule has 1 aromatic heterocycles. The molecular formula is C20H22ClFN4O2. The highest BCUT2D eigenvalue weighted by molar-refractivity contribution is 6.30. The SMILES string of the molecule is C[C@H]1C[C@H](n2ncc(C34CC(NC(=O)COc5ccc(Cl)c(F)c5)(C3)C4)n2)C1. The molecule has 1 aromatic carbocycles. The van der Waals surface area contributed by atoms with Gasteiger partial charge in [0.15, 0.2) is 6.61 Å². The molecule has 4 saturated carbocycles. The summed E-state index contributed by atoms with van der Waals surface area (Å²) in [4.78, 5) is 14.1. The van der Waals surface area contributed by atoms with Gasteiger partial charge < -0.3 is 10.1 Å². The van der Waals surface area contributed by atoms with Crippen molar-refractivity contribution < 1.29 is 13.9 Å². The summed E-state index contributed by atoms with van der Waals surface area (Å²) < 4.78 is 18.8. The van der Waals surface area contributed by atoms with Crippen molar-refractivity contribution >= 4 is 17.5 Å². The molecule has 2 aromatic rings. The lowest BCUT2D eigenvalue weighted by atomic mass is 9.38. The van der Waals surface area contributed by atoms with Crippen LogP contribution in [0.2, 0.25) is 5.02 Å². The first-order valence-corrected chi connectivity index (χ1v) is 10.1. The Balaban J connectivity index is 1.12. The van der Waals surface area contributed by atoms with Gasteiger partial charge >= 0.3 is 0 Å². The van der Waals surface area contributed by atoms with E-state index in [4.69, 9.17) is 21.4 Å². The highest BCUT2D eigenvalue weighted by atomic mass is 35.5. The van der Waals surface area contributed by atoms with Crippen LogP contribution in [-0.4, -0.2) is 33.0 Å². The summed E-state index contributed by atoms with van der Waals surface area (Å²) in [5.74, 6) is 0.286. The molecule has 8 heteroatoms. The summed E-state index contributed by atoms with van der Waals surface area (Å²) in [5.41, 5.74) is 0.970. The van der Waals surface area contributed by atoms with Gasteiger partial charge in [0.25, 0.3) is 5.91 Å². The van der Waals surface area contributed by atoms with Crippen LogP contribution in [0.4, 0.5) is 4.39 Å². The third-order valence-electron chi connectivity index (χ3n) is 6.42. The smallest absolute Gasteiger partial charge is 0.258 e. The van der Waals surface area contributed by atoms with Crippen molar-refractivity contribution in [3.8, 4) is 5.75 Å². The van der Waals surface area contributed by atoms with Crippen molar-refractivity contribution in [1.29, 1.82) is 0 Å². The van der Waals surface area contributed by atoms with E-state index < -0.39 is 5.82 Å². The van der Waals surface area contributed by atoms with E-state index >= 15 is 0 Å². The summed E-state index contributed by atoms with van der Waals surface area (Å²) >= 11 is 5.64. The molecule has 1 amide bonds. The molecule has 0 radical (unpaired) electrons. The normalized spacial score (nSPS) is 32.7. The fraction of sp³-hybridized carbons (Fsp3) is 0.550. The highest BCUT2D eigenvalue weighted by Crippen LogP contribution is 2.67. The number of ether oxygens (including phenoxy) is 1. The molecule has 4 fully saturated rings. The summed E-state index contributed by atoms with van der Waals surface area (Å²) in [6, 6.07) is 4.57. The Morgan fingerprint density at radius 3 is 2.82 bits per heavy atom. The molecule has 0 atom stereocenters. The predicted molar refractivity (Wildman–Crippen MR) is 101 cm³/mol.